The van der Waals surface area contributed by atoms with Crippen LogP contribution >= 0.6 is 0 Å². The molecule has 2 N–H and O–H groups in total. The molecule has 3 heteroatoms. The van der Waals surface area contributed by atoms with Gasteiger partial charge >= 0.3 is 0 Å². The summed E-state index contributed by atoms with van der Waals surface area (Å²) < 4.78 is 10.6. The topological polar surface area (TPSA) is 44.5 Å². The third-order valence-electron chi connectivity index (χ3n) is 3.13. The molecule has 0 aromatic heterocycles. The minimum absolute atomic E-state index is 0.261. The van der Waals surface area contributed by atoms with Gasteiger partial charge in [0.05, 0.1) is 6.10 Å². The Hall–Kier alpha value is -0.120. The van der Waals surface area contributed by atoms with Gasteiger partial charge in [0.15, 0.2) is 0 Å². The lowest BCUT2D eigenvalue weighted by Crippen LogP contribution is -2.23. The zero-order chi connectivity index (χ0) is 7.90. The van der Waals surface area contributed by atoms with E-state index < -0.39 is 0 Å². The van der Waals surface area contributed by atoms with Gasteiger partial charge in [-0.2, -0.15) is 0 Å². The van der Waals surface area contributed by atoms with Crippen LogP contribution in [-0.2, 0) is 9.47 Å². The van der Waals surface area contributed by atoms with E-state index in [1.165, 1.54) is 0 Å². The Morgan fingerprint density at radius 3 is 2.55 bits per heavy atom. The van der Waals surface area contributed by atoms with Gasteiger partial charge in [-0.3, -0.25) is 0 Å². The van der Waals surface area contributed by atoms with Crippen LogP contribution in [0.25, 0.3) is 0 Å². The second-order valence-corrected chi connectivity index (χ2v) is 3.53. The Labute approximate surface area is 66.8 Å². The Morgan fingerprint density at radius 1 is 1.45 bits per heavy atom. The maximum absolute atomic E-state index is 5.91. The van der Waals surface area contributed by atoms with Crippen LogP contribution in [0.3, 0.4) is 0 Å². The lowest BCUT2D eigenvalue weighted by Gasteiger charge is -2.22. The molecule has 2 atom stereocenters. The predicted molar refractivity (Wildman–Crippen MR) is 41.3 cm³/mol. The number of rotatable bonds is 1. The van der Waals surface area contributed by atoms with Crippen molar-refractivity contribution in [1.82, 2.24) is 0 Å². The number of hydrogen-bond donors (Lipinski definition) is 1. The molecule has 0 aromatic carbocycles. The monoisotopic (exact) mass is 157 g/mol. The molecule has 1 spiro atoms. The minimum atomic E-state index is 0.261. The van der Waals surface area contributed by atoms with Gasteiger partial charge in [0.25, 0.3) is 0 Å². The fraction of sp³-hybridized carbons (Fsp3) is 1.00. The van der Waals surface area contributed by atoms with Gasteiger partial charge in [0, 0.05) is 31.8 Å². The van der Waals surface area contributed by atoms with Gasteiger partial charge in [-0.25, -0.2) is 0 Å². The van der Waals surface area contributed by atoms with Gasteiger partial charge in [0.1, 0.15) is 0 Å². The van der Waals surface area contributed by atoms with E-state index in [1.807, 2.05) is 0 Å². The summed E-state index contributed by atoms with van der Waals surface area (Å²) in [7, 11) is 1.74. The molecular weight excluding hydrogens is 142 g/mol. The zero-order valence-corrected chi connectivity index (χ0v) is 6.88. The van der Waals surface area contributed by atoms with E-state index in [4.69, 9.17) is 15.2 Å². The smallest absolute Gasteiger partial charge is 0.0802 e. The molecule has 2 fully saturated rings. The largest absolute Gasteiger partial charge is 0.381 e. The van der Waals surface area contributed by atoms with Crippen molar-refractivity contribution in [2.24, 2.45) is 11.1 Å². The van der Waals surface area contributed by atoms with E-state index in [9.17, 15) is 0 Å². The Balaban J connectivity index is 2.01. The van der Waals surface area contributed by atoms with Gasteiger partial charge < -0.3 is 15.2 Å². The lowest BCUT2D eigenvalue weighted by molar-refractivity contribution is 0.0300. The van der Waals surface area contributed by atoms with Crippen molar-refractivity contribution in [3.05, 3.63) is 0 Å². The number of hydrogen-bond acceptors (Lipinski definition) is 3. The quantitative estimate of drug-likeness (QED) is 0.589. The number of nitrogens with two attached hydrogens (primary N) is 1. The van der Waals surface area contributed by atoms with Crippen LogP contribution in [0, 0.1) is 5.41 Å². The van der Waals surface area contributed by atoms with Crippen LogP contribution in [0.2, 0.25) is 0 Å². The van der Waals surface area contributed by atoms with Crippen LogP contribution in [-0.4, -0.2) is 32.5 Å². The normalized spacial score (nSPS) is 40.9. The van der Waals surface area contributed by atoms with Gasteiger partial charge in [-0.15, -0.1) is 0 Å². The Bertz CT molecular complexity index is 154. The lowest BCUT2D eigenvalue weighted by atomic mass is 9.96. The highest BCUT2D eigenvalue weighted by Crippen LogP contribution is 2.53. The SMILES string of the molecule is CO[C@@H]1[C@H](N)C12CCOCC2. The Morgan fingerprint density at radius 2 is 2.09 bits per heavy atom. The van der Waals surface area contributed by atoms with Crippen LogP contribution in [0.5, 0.6) is 0 Å². The second-order valence-electron chi connectivity index (χ2n) is 3.53. The van der Waals surface area contributed by atoms with Crippen molar-refractivity contribution in [3.63, 3.8) is 0 Å². The highest BCUT2D eigenvalue weighted by Gasteiger charge is 2.63. The summed E-state index contributed by atoms with van der Waals surface area (Å²) in [5, 5.41) is 0. The van der Waals surface area contributed by atoms with E-state index >= 15 is 0 Å². The summed E-state index contributed by atoms with van der Waals surface area (Å²) in [4.78, 5) is 0. The summed E-state index contributed by atoms with van der Waals surface area (Å²) in [6.07, 6.45) is 2.45. The first-order chi connectivity index (χ1) is 5.31. The van der Waals surface area contributed by atoms with Crippen LogP contribution < -0.4 is 5.73 Å². The molecular formula is C8H15NO2. The second kappa shape index (κ2) is 2.44. The Kier molecular flexibility index (Phi) is 1.67. The molecule has 1 aliphatic carbocycles. The summed E-state index contributed by atoms with van der Waals surface area (Å²) in [6.45, 7) is 1.71. The summed E-state index contributed by atoms with van der Waals surface area (Å²) >= 11 is 0. The average Bonchev–Trinajstić information content (AvgIpc) is 2.57. The van der Waals surface area contributed by atoms with Gasteiger partial charge in [-0.05, 0) is 12.8 Å². The number of methoxy groups -OCH3 is 1. The molecule has 0 amide bonds. The van der Waals surface area contributed by atoms with Crippen LogP contribution in [0.4, 0.5) is 0 Å². The molecule has 2 aliphatic rings. The molecule has 1 heterocycles. The van der Waals surface area contributed by atoms with Crippen molar-refractivity contribution in [3.8, 4) is 0 Å². The molecule has 1 aliphatic heterocycles. The summed E-state index contributed by atoms with van der Waals surface area (Å²) in [6, 6.07) is 0.261. The molecule has 0 aromatic rings. The average molecular weight is 157 g/mol. The first-order valence-electron chi connectivity index (χ1n) is 4.17. The van der Waals surface area contributed by atoms with Crippen molar-refractivity contribution < 1.29 is 9.47 Å². The molecule has 0 bridgehead atoms. The predicted octanol–water partition coefficient (Wildman–Crippen LogP) is 0.139. The molecule has 64 valence electrons. The molecule has 0 unspecified atom stereocenters. The molecule has 0 radical (unpaired) electrons. The van der Waals surface area contributed by atoms with Gasteiger partial charge in [-0.1, -0.05) is 0 Å². The van der Waals surface area contributed by atoms with Crippen molar-refractivity contribution in [1.29, 1.82) is 0 Å². The van der Waals surface area contributed by atoms with E-state index in [-0.39, 0.29) is 11.5 Å². The van der Waals surface area contributed by atoms with Crippen LogP contribution in [0.15, 0.2) is 0 Å². The maximum atomic E-state index is 5.91. The highest BCUT2D eigenvalue weighted by molar-refractivity contribution is 5.16. The molecule has 1 saturated heterocycles. The summed E-state index contributed by atoms with van der Waals surface area (Å²) in [5.74, 6) is 0. The molecule has 2 rings (SSSR count). The van der Waals surface area contributed by atoms with E-state index in [0.717, 1.165) is 26.1 Å². The summed E-state index contributed by atoms with van der Waals surface area (Å²) in [5.41, 5.74) is 6.19. The zero-order valence-electron chi connectivity index (χ0n) is 6.88. The van der Waals surface area contributed by atoms with E-state index in [1.54, 1.807) is 7.11 Å². The fourth-order valence-electron chi connectivity index (χ4n) is 2.23. The van der Waals surface area contributed by atoms with E-state index in [0.29, 0.717) is 6.10 Å². The maximum Gasteiger partial charge on any atom is 0.0802 e. The standard InChI is InChI=1S/C8H15NO2/c1-10-7-6(9)8(7)2-4-11-5-3-8/h6-7H,2-5,9H2,1H3/t6-,7+/m0/s1. The third-order valence-corrected chi connectivity index (χ3v) is 3.13. The van der Waals surface area contributed by atoms with Crippen molar-refractivity contribution in [2.45, 2.75) is 25.0 Å². The molecule has 3 nitrogen and oxygen atoms in total. The van der Waals surface area contributed by atoms with E-state index in [2.05, 4.69) is 0 Å². The first-order valence-corrected chi connectivity index (χ1v) is 4.17. The number of ether oxygens (including phenoxy) is 2. The minimum Gasteiger partial charge on any atom is -0.381 e. The first kappa shape index (κ1) is 7.53. The van der Waals surface area contributed by atoms with Crippen molar-refractivity contribution >= 4 is 0 Å². The fourth-order valence-corrected chi connectivity index (χ4v) is 2.23. The van der Waals surface area contributed by atoms with Crippen LogP contribution in [0.1, 0.15) is 12.8 Å². The molecule has 11 heavy (non-hydrogen) atoms. The van der Waals surface area contributed by atoms with Crippen molar-refractivity contribution in [2.75, 3.05) is 20.3 Å². The highest BCUT2D eigenvalue weighted by atomic mass is 16.5. The van der Waals surface area contributed by atoms with Gasteiger partial charge in [0.2, 0.25) is 0 Å². The third kappa shape index (κ3) is 0.916. The molecule has 1 saturated carbocycles.